The van der Waals surface area contributed by atoms with Crippen LogP contribution in [0.5, 0.6) is 11.5 Å². The van der Waals surface area contributed by atoms with Crippen molar-refractivity contribution >= 4 is 29.4 Å². The Morgan fingerprint density at radius 3 is 2.66 bits per heavy atom. The minimum absolute atomic E-state index is 0.0711. The molecule has 1 fully saturated rings. The smallest absolute Gasteiger partial charge is 0.332 e. The summed E-state index contributed by atoms with van der Waals surface area (Å²) in [7, 11) is 1.57. The van der Waals surface area contributed by atoms with E-state index in [-0.39, 0.29) is 24.4 Å². The largest absolute Gasteiger partial charge is 0.493 e. The monoisotopic (exact) mass is 492 g/mol. The number of rotatable bonds is 7. The van der Waals surface area contributed by atoms with Gasteiger partial charge in [-0.15, -0.1) is 11.8 Å². The number of carbonyl (C=O) groups is 2. The molecule has 3 amide bonds. The van der Waals surface area contributed by atoms with Crippen LogP contribution in [0, 0.1) is 6.92 Å². The number of hydrogen-bond donors (Lipinski definition) is 0. The lowest BCUT2D eigenvalue weighted by Gasteiger charge is -2.40. The van der Waals surface area contributed by atoms with Crippen molar-refractivity contribution in [2.45, 2.75) is 31.7 Å². The van der Waals surface area contributed by atoms with Gasteiger partial charge in [0, 0.05) is 5.56 Å². The second kappa shape index (κ2) is 9.46. The predicted molar refractivity (Wildman–Crippen MR) is 131 cm³/mol. The molecular formula is C25H24N4O5S. The number of ether oxygens (including phenoxy) is 2. The van der Waals surface area contributed by atoms with Gasteiger partial charge in [0.1, 0.15) is 11.8 Å². The van der Waals surface area contributed by atoms with Gasteiger partial charge in [-0.2, -0.15) is 4.98 Å². The molecule has 3 aromatic rings. The lowest BCUT2D eigenvalue weighted by Crippen LogP contribution is -2.61. The molecule has 2 unspecified atom stereocenters. The molecule has 9 nitrogen and oxygen atoms in total. The molecule has 3 heterocycles. The number of amides is 3. The van der Waals surface area contributed by atoms with Crippen LogP contribution in [0.4, 0.5) is 10.5 Å². The van der Waals surface area contributed by atoms with Crippen molar-refractivity contribution in [2.75, 3.05) is 18.6 Å². The minimum atomic E-state index is -0.424. The quantitative estimate of drug-likeness (QED) is 0.478. The molecule has 0 N–H and O–H groups in total. The summed E-state index contributed by atoms with van der Waals surface area (Å²) in [4.78, 5) is 34.0. The van der Waals surface area contributed by atoms with E-state index in [0.717, 1.165) is 5.56 Å². The number of carbonyl (C=O) groups excluding carboxylic acids is 2. The minimum Gasteiger partial charge on any atom is -0.493 e. The first kappa shape index (κ1) is 23.0. The van der Waals surface area contributed by atoms with E-state index in [1.165, 1.54) is 16.7 Å². The zero-order valence-corrected chi connectivity index (χ0v) is 20.3. The van der Waals surface area contributed by atoms with E-state index < -0.39 is 11.3 Å². The van der Waals surface area contributed by atoms with Crippen molar-refractivity contribution in [3.63, 3.8) is 0 Å². The number of imide groups is 1. The first-order chi connectivity index (χ1) is 17.0. The summed E-state index contributed by atoms with van der Waals surface area (Å²) in [5, 5.41) is 5.53. The lowest BCUT2D eigenvalue weighted by molar-refractivity contribution is -0.119. The van der Waals surface area contributed by atoms with Crippen molar-refractivity contribution in [3.8, 4) is 22.9 Å². The standard InChI is InChI=1S/C25H24N4O5S/c1-4-33-19-10-7-16(13-20(19)32-3)23-26-21(34-27-23)14-28-18-11-12-35-22(18)24(30)29(25(28)31)17-8-5-15(2)6-9-17/h5-13,18,22H,4,14H2,1-3H3. The zero-order chi connectivity index (χ0) is 24.5. The van der Waals surface area contributed by atoms with Crippen LogP contribution < -0.4 is 14.4 Å². The Hall–Kier alpha value is -3.79. The number of anilines is 1. The predicted octanol–water partition coefficient (Wildman–Crippen LogP) is 4.42. The Labute approximate surface area is 206 Å². The molecule has 0 aliphatic carbocycles. The molecule has 2 aliphatic heterocycles. The van der Waals surface area contributed by atoms with Crippen LogP contribution in [0.15, 0.2) is 58.5 Å². The summed E-state index contributed by atoms with van der Waals surface area (Å²) >= 11 is 1.41. The van der Waals surface area contributed by atoms with Gasteiger partial charge in [-0.1, -0.05) is 28.9 Å². The lowest BCUT2D eigenvalue weighted by atomic mass is 10.1. The average Bonchev–Trinajstić information content (AvgIpc) is 3.54. The summed E-state index contributed by atoms with van der Waals surface area (Å²) in [5.74, 6) is 1.58. The van der Waals surface area contributed by atoms with E-state index in [1.807, 2.05) is 43.5 Å². The van der Waals surface area contributed by atoms with Gasteiger partial charge in [-0.05, 0) is 49.6 Å². The number of nitrogens with zero attached hydrogens (tertiary/aromatic N) is 4. The van der Waals surface area contributed by atoms with Crippen LogP contribution in [0.1, 0.15) is 18.4 Å². The van der Waals surface area contributed by atoms with Gasteiger partial charge in [0.05, 0.1) is 25.4 Å². The molecule has 1 saturated heterocycles. The molecule has 1 aromatic heterocycles. The van der Waals surface area contributed by atoms with E-state index >= 15 is 0 Å². The van der Waals surface area contributed by atoms with Gasteiger partial charge in [0.2, 0.25) is 11.7 Å². The maximum Gasteiger partial charge on any atom is 0.332 e. The van der Waals surface area contributed by atoms with Crippen molar-refractivity contribution < 1.29 is 23.6 Å². The van der Waals surface area contributed by atoms with E-state index in [0.29, 0.717) is 35.2 Å². The van der Waals surface area contributed by atoms with E-state index in [1.54, 1.807) is 36.3 Å². The fraction of sp³-hybridized carbons (Fsp3) is 0.280. The number of urea groups is 1. The first-order valence-corrected chi connectivity index (χ1v) is 12.1. The second-order valence-corrected chi connectivity index (χ2v) is 9.16. The molecule has 2 atom stereocenters. The topological polar surface area (TPSA) is 98.0 Å². The van der Waals surface area contributed by atoms with Gasteiger partial charge in [-0.25, -0.2) is 9.69 Å². The Morgan fingerprint density at radius 1 is 1.11 bits per heavy atom. The average molecular weight is 493 g/mol. The highest BCUT2D eigenvalue weighted by Gasteiger charge is 2.48. The normalized spacial score (nSPS) is 19.3. The molecule has 0 spiro atoms. The summed E-state index contributed by atoms with van der Waals surface area (Å²) in [6, 6.07) is 11.9. The summed E-state index contributed by atoms with van der Waals surface area (Å²) < 4.78 is 16.5. The molecule has 10 heteroatoms. The maximum atomic E-state index is 13.5. The number of aryl methyl sites for hydroxylation is 1. The molecule has 35 heavy (non-hydrogen) atoms. The number of aromatic nitrogens is 2. The highest BCUT2D eigenvalue weighted by molar-refractivity contribution is 8.03. The van der Waals surface area contributed by atoms with Crippen LogP contribution in [-0.2, 0) is 11.3 Å². The number of methoxy groups -OCH3 is 1. The van der Waals surface area contributed by atoms with Crippen molar-refractivity contribution in [1.29, 1.82) is 0 Å². The number of hydrogen-bond acceptors (Lipinski definition) is 8. The molecular weight excluding hydrogens is 468 g/mol. The van der Waals surface area contributed by atoms with Crippen LogP contribution >= 0.6 is 11.8 Å². The second-order valence-electron chi connectivity index (χ2n) is 8.11. The van der Waals surface area contributed by atoms with Gasteiger partial charge in [0.15, 0.2) is 11.5 Å². The molecule has 0 radical (unpaired) electrons. The van der Waals surface area contributed by atoms with Crippen LogP contribution in [0.25, 0.3) is 11.4 Å². The first-order valence-electron chi connectivity index (χ1n) is 11.2. The fourth-order valence-corrected chi connectivity index (χ4v) is 5.15. The van der Waals surface area contributed by atoms with Crippen molar-refractivity contribution in [3.05, 3.63) is 65.4 Å². The maximum absolute atomic E-state index is 13.5. The molecule has 0 saturated carbocycles. The van der Waals surface area contributed by atoms with Crippen molar-refractivity contribution in [1.82, 2.24) is 15.0 Å². The molecule has 5 rings (SSSR count). The van der Waals surface area contributed by atoms with Crippen molar-refractivity contribution in [2.24, 2.45) is 0 Å². The third kappa shape index (κ3) is 4.25. The van der Waals surface area contributed by atoms with Gasteiger partial charge < -0.3 is 18.9 Å². The Kier molecular flexibility index (Phi) is 6.21. The summed E-state index contributed by atoms with van der Waals surface area (Å²) in [6.45, 7) is 4.44. The van der Waals surface area contributed by atoms with Crippen LogP contribution in [0.2, 0.25) is 0 Å². The zero-order valence-electron chi connectivity index (χ0n) is 19.5. The fourth-order valence-electron chi connectivity index (χ4n) is 4.11. The van der Waals surface area contributed by atoms with E-state index in [2.05, 4.69) is 10.1 Å². The van der Waals surface area contributed by atoms with Gasteiger partial charge >= 0.3 is 6.03 Å². The SMILES string of the molecule is CCOc1ccc(-c2noc(CN3C(=O)N(c4ccc(C)cc4)C(=O)C4SC=CC43)n2)cc1OC. The molecule has 180 valence electrons. The summed E-state index contributed by atoms with van der Waals surface area (Å²) in [5.41, 5.74) is 2.27. The molecule has 0 bridgehead atoms. The van der Waals surface area contributed by atoms with Gasteiger partial charge in [-0.3, -0.25) is 4.79 Å². The van der Waals surface area contributed by atoms with Crippen LogP contribution in [-0.4, -0.2) is 52.0 Å². The highest BCUT2D eigenvalue weighted by atomic mass is 32.2. The number of fused-ring (bicyclic) bond motifs is 1. The van der Waals surface area contributed by atoms with Gasteiger partial charge in [0.25, 0.3) is 5.91 Å². The Bertz CT molecular complexity index is 1290. The number of benzene rings is 2. The molecule has 2 aromatic carbocycles. The Morgan fingerprint density at radius 2 is 1.91 bits per heavy atom. The van der Waals surface area contributed by atoms with E-state index in [9.17, 15) is 9.59 Å². The van der Waals surface area contributed by atoms with Crippen LogP contribution in [0.3, 0.4) is 0 Å². The van der Waals surface area contributed by atoms with E-state index in [4.69, 9.17) is 14.0 Å². The highest BCUT2D eigenvalue weighted by Crippen LogP contribution is 2.37. The number of thioether (sulfide) groups is 1. The summed E-state index contributed by atoms with van der Waals surface area (Å²) in [6.07, 6.45) is 1.87. The molecule has 2 aliphatic rings. The Balaban J connectivity index is 1.41. The third-order valence-corrected chi connectivity index (χ3v) is 6.95. The third-order valence-electron chi connectivity index (χ3n) is 5.86.